The van der Waals surface area contributed by atoms with Gasteiger partial charge in [0.1, 0.15) is 0 Å². The molecule has 0 fully saturated rings. The fraction of sp³-hybridized carbons (Fsp3) is 0.333. The van der Waals surface area contributed by atoms with Crippen molar-refractivity contribution in [2.24, 2.45) is 4.99 Å². The molecule has 0 saturated carbocycles. The van der Waals surface area contributed by atoms with E-state index in [2.05, 4.69) is 84.0 Å². The summed E-state index contributed by atoms with van der Waals surface area (Å²) in [7, 11) is 0. The average molecular weight is 350 g/mol. The lowest BCUT2D eigenvalue weighted by Crippen LogP contribution is -2.36. The monoisotopic (exact) mass is 350 g/mol. The van der Waals surface area contributed by atoms with Crippen molar-refractivity contribution < 1.29 is 4.52 Å². The van der Waals surface area contributed by atoms with E-state index in [1.165, 1.54) is 16.3 Å². The Hall–Kier alpha value is -2.82. The fourth-order valence-electron chi connectivity index (χ4n) is 2.70. The zero-order valence-electron chi connectivity index (χ0n) is 15.6. The third kappa shape index (κ3) is 4.63. The molecule has 5 nitrogen and oxygen atoms in total. The largest absolute Gasteiger partial charge is 0.359 e. The molecule has 0 aliphatic carbocycles. The molecule has 136 valence electrons. The molecular weight excluding hydrogens is 324 g/mol. The second-order valence-corrected chi connectivity index (χ2v) is 6.60. The maximum absolute atomic E-state index is 5.37. The predicted molar refractivity (Wildman–Crippen MR) is 106 cm³/mol. The van der Waals surface area contributed by atoms with Gasteiger partial charge in [-0.25, -0.2) is 4.99 Å². The van der Waals surface area contributed by atoms with Crippen LogP contribution in [0.2, 0.25) is 0 Å². The summed E-state index contributed by atoms with van der Waals surface area (Å²) in [6.07, 6.45) is 0. The van der Waals surface area contributed by atoms with Crippen molar-refractivity contribution in [3.8, 4) is 0 Å². The van der Waals surface area contributed by atoms with Crippen LogP contribution in [0.15, 0.2) is 58.0 Å². The Morgan fingerprint density at radius 2 is 1.88 bits per heavy atom. The second-order valence-electron chi connectivity index (χ2n) is 6.60. The van der Waals surface area contributed by atoms with Gasteiger partial charge in [-0.3, -0.25) is 0 Å². The van der Waals surface area contributed by atoms with Crippen molar-refractivity contribution in [3.05, 3.63) is 65.5 Å². The van der Waals surface area contributed by atoms with E-state index < -0.39 is 0 Å². The summed E-state index contributed by atoms with van der Waals surface area (Å²) < 4.78 is 5.37. The van der Waals surface area contributed by atoms with Crippen LogP contribution in [0.1, 0.15) is 43.7 Å². The summed E-state index contributed by atoms with van der Waals surface area (Å²) in [5.41, 5.74) is 2.16. The maximum Gasteiger partial charge on any atom is 0.191 e. The van der Waals surface area contributed by atoms with E-state index in [1.54, 1.807) is 0 Å². The number of hydrogen-bond acceptors (Lipinski definition) is 3. The van der Waals surface area contributed by atoms with Crippen LogP contribution in [-0.4, -0.2) is 17.7 Å². The molecule has 0 amide bonds. The van der Waals surface area contributed by atoms with Crippen molar-refractivity contribution >= 4 is 16.7 Å². The third-order valence-electron chi connectivity index (χ3n) is 4.18. The summed E-state index contributed by atoms with van der Waals surface area (Å²) in [5, 5.41) is 13.1. The summed E-state index contributed by atoms with van der Waals surface area (Å²) in [5.74, 6) is 1.94. The van der Waals surface area contributed by atoms with E-state index in [1.807, 2.05) is 6.07 Å². The molecular formula is C21H26N4O. The van der Waals surface area contributed by atoms with E-state index in [0.717, 1.165) is 24.0 Å². The van der Waals surface area contributed by atoms with Gasteiger partial charge < -0.3 is 15.2 Å². The number of guanidine groups is 1. The number of benzene rings is 2. The molecule has 0 unspecified atom stereocenters. The van der Waals surface area contributed by atoms with Gasteiger partial charge in [0.25, 0.3) is 0 Å². The number of hydrogen-bond donors (Lipinski definition) is 2. The molecule has 0 bridgehead atoms. The summed E-state index contributed by atoms with van der Waals surface area (Å²) >= 11 is 0. The molecule has 1 heterocycles. The quantitative estimate of drug-likeness (QED) is 0.516. The van der Waals surface area contributed by atoms with Gasteiger partial charge in [0, 0.05) is 12.6 Å². The van der Waals surface area contributed by atoms with E-state index >= 15 is 0 Å². The minimum absolute atomic E-state index is 0.363. The normalized spacial score (nSPS) is 11.9. The van der Waals surface area contributed by atoms with Crippen LogP contribution in [0.5, 0.6) is 0 Å². The highest BCUT2D eigenvalue weighted by molar-refractivity contribution is 5.83. The van der Waals surface area contributed by atoms with Crippen LogP contribution >= 0.6 is 0 Å². The predicted octanol–water partition coefficient (Wildman–Crippen LogP) is 4.21. The molecule has 3 aromatic rings. The van der Waals surface area contributed by atoms with Crippen molar-refractivity contribution in [3.63, 3.8) is 0 Å². The highest BCUT2D eigenvalue weighted by Gasteiger charge is 2.08. The third-order valence-corrected chi connectivity index (χ3v) is 4.18. The smallest absolute Gasteiger partial charge is 0.191 e. The number of aliphatic imine (C=N–C) groups is 1. The molecule has 1 aromatic heterocycles. The molecule has 0 aliphatic heterocycles. The molecule has 0 atom stereocenters. The van der Waals surface area contributed by atoms with Crippen LogP contribution in [0.4, 0.5) is 0 Å². The van der Waals surface area contributed by atoms with E-state index in [4.69, 9.17) is 4.52 Å². The first-order valence-corrected chi connectivity index (χ1v) is 9.11. The number of fused-ring (bicyclic) bond motifs is 1. The van der Waals surface area contributed by atoms with Gasteiger partial charge in [0.15, 0.2) is 11.7 Å². The van der Waals surface area contributed by atoms with E-state index in [0.29, 0.717) is 19.0 Å². The van der Waals surface area contributed by atoms with Gasteiger partial charge in [-0.1, -0.05) is 55.4 Å². The van der Waals surface area contributed by atoms with Gasteiger partial charge in [-0.15, -0.1) is 0 Å². The average Bonchev–Trinajstić information content (AvgIpc) is 3.13. The van der Waals surface area contributed by atoms with E-state index in [9.17, 15) is 0 Å². The molecule has 0 radical (unpaired) electrons. The topological polar surface area (TPSA) is 62.5 Å². The zero-order valence-corrected chi connectivity index (χ0v) is 15.6. The standard InChI is InChI=1S/C21H26N4O/c1-4-22-21(24-14-19-12-20(15(2)3)25-26-19)23-13-16-9-10-17-7-5-6-8-18(17)11-16/h5-12,15H,4,13-14H2,1-3H3,(H2,22,23,24). The lowest BCUT2D eigenvalue weighted by molar-refractivity contribution is 0.372. The fourth-order valence-corrected chi connectivity index (χ4v) is 2.70. The highest BCUT2D eigenvalue weighted by atomic mass is 16.5. The molecule has 0 saturated heterocycles. The van der Waals surface area contributed by atoms with Gasteiger partial charge in [-0.2, -0.15) is 0 Å². The number of nitrogens with one attached hydrogen (secondary N) is 2. The zero-order chi connectivity index (χ0) is 18.4. The van der Waals surface area contributed by atoms with Gasteiger partial charge >= 0.3 is 0 Å². The Morgan fingerprint density at radius 1 is 1.08 bits per heavy atom. The van der Waals surface area contributed by atoms with Gasteiger partial charge in [-0.05, 0) is 35.2 Å². The molecule has 3 rings (SSSR count). The van der Waals surface area contributed by atoms with Crippen LogP contribution in [-0.2, 0) is 13.1 Å². The molecule has 26 heavy (non-hydrogen) atoms. The Kier molecular flexibility index (Phi) is 5.89. The number of aromatic nitrogens is 1. The van der Waals surface area contributed by atoms with Crippen LogP contribution in [0.25, 0.3) is 10.8 Å². The molecule has 5 heteroatoms. The van der Waals surface area contributed by atoms with Crippen LogP contribution < -0.4 is 10.6 Å². The first kappa shape index (κ1) is 18.0. The molecule has 0 spiro atoms. The van der Waals surface area contributed by atoms with Crippen LogP contribution in [0, 0.1) is 0 Å². The Balaban J connectivity index is 1.65. The van der Waals surface area contributed by atoms with Crippen LogP contribution in [0.3, 0.4) is 0 Å². The summed E-state index contributed by atoms with van der Waals surface area (Å²) in [6, 6.07) is 16.8. The number of nitrogens with zero attached hydrogens (tertiary/aromatic N) is 2. The van der Waals surface area contributed by atoms with Gasteiger partial charge in [0.2, 0.25) is 0 Å². The van der Waals surface area contributed by atoms with Crippen molar-refractivity contribution in [1.29, 1.82) is 0 Å². The number of rotatable bonds is 6. The summed E-state index contributed by atoms with van der Waals surface area (Å²) in [6.45, 7) is 8.24. The summed E-state index contributed by atoms with van der Waals surface area (Å²) in [4.78, 5) is 4.68. The first-order chi connectivity index (χ1) is 12.7. The van der Waals surface area contributed by atoms with Crippen molar-refractivity contribution in [2.75, 3.05) is 6.54 Å². The Bertz CT molecular complexity index is 882. The highest BCUT2D eigenvalue weighted by Crippen LogP contribution is 2.16. The Labute approximate surface area is 154 Å². The SMILES string of the molecule is CCNC(=NCc1ccc2ccccc2c1)NCc1cc(C(C)C)no1. The second kappa shape index (κ2) is 8.52. The van der Waals surface area contributed by atoms with Crippen molar-refractivity contribution in [1.82, 2.24) is 15.8 Å². The Morgan fingerprint density at radius 3 is 2.62 bits per heavy atom. The lowest BCUT2D eigenvalue weighted by atomic mass is 10.1. The molecule has 2 aromatic carbocycles. The van der Waals surface area contributed by atoms with E-state index in [-0.39, 0.29) is 0 Å². The molecule has 0 aliphatic rings. The lowest BCUT2D eigenvalue weighted by Gasteiger charge is -2.10. The maximum atomic E-state index is 5.37. The van der Waals surface area contributed by atoms with Gasteiger partial charge in [0.05, 0.1) is 18.8 Å². The van der Waals surface area contributed by atoms with Crippen molar-refractivity contribution in [2.45, 2.75) is 39.8 Å². The minimum atomic E-state index is 0.363. The molecule has 2 N–H and O–H groups in total. The first-order valence-electron chi connectivity index (χ1n) is 9.11. The minimum Gasteiger partial charge on any atom is -0.359 e.